The fourth-order valence-corrected chi connectivity index (χ4v) is 3.83. The maximum Gasteiger partial charge on any atom is 0.416 e. The second kappa shape index (κ2) is 5.81. The lowest BCUT2D eigenvalue weighted by atomic mass is 9.91. The molecule has 2 aromatic carbocycles. The summed E-state index contributed by atoms with van der Waals surface area (Å²) in [5, 5.41) is 0. The van der Waals surface area contributed by atoms with Gasteiger partial charge in [-0.25, -0.2) is 0 Å². The minimum Gasteiger partial charge on any atom is -0.366 e. The Balaban J connectivity index is 1.40. The van der Waals surface area contributed by atoms with Crippen molar-refractivity contribution in [3.05, 3.63) is 65.7 Å². The third-order valence-electron chi connectivity index (χ3n) is 5.09. The van der Waals surface area contributed by atoms with Gasteiger partial charge in [-0.2, -0.15) is 13.2 Å². The third kappa shape index (κ3) is 2.88. The van der Waals surface area contributed by atoms with Gasteiger partial charge in [0.1, 0.15) is 0 Å². The largest absolute Gasteiger partial charge is 0.416 e. The molecule has 2 aliphatic rings. The van der Waals surface area contributed by atoms with Gasteiger partial charge in [-0.1, -0.05) is 30.3 Å². The lowest BCUT2D eigenvalue weighted by Gasteiger charge is -2.45. The van der Waals surface area contributed by atoms with Crippen molar-refractivity contribution in [3.8, 4) is 0 Å². The Morgan fingerprint density at radius 2 is 1.58 bits per heavy atom. The van der Waals surface area contributed by atoms with Crippen LogP contribution in [0.15, 0.2) is 54.6 Å². The average molecular weight is 332 g/mol. The van der Waals surface area contributed by atoms with Crippen LogP contribution >= 0.6 is 0 Å². The quantitative estimate of drug-likeness (QED) is 0.837. The van der Waals surface area contributed by atoms with Crippen molar-refractivity contribution < 1.29 is 13.2 Å². The highest BCUT2D eigenvalue weighted by Gasteiger charge is 2.45. The van der Waals surface area contributed by atoms with Crippen LogP contribution in [0.25, 0.3) is 0 Å². The highest BCUT2D eigenvalue weighted by atomic mass is 19.4. The van der Waals surface area contributed by atoms with E-state index >= 15 is 0 Å². The smallest absolute Gasteiger partial charge is 0.366 e. The summed E-state index contributed by atoms with van der Waals surface area (Å²) in [6.45, 7) is 3.91. The second-order valence-corrected chi connectivity index (χ2v) is 6.70. The zero-order valence-corrected chi connectivity index (χ0v) is 13.2. The van der Waals surface area contributed by atoms with Crippen LogP contribution in [0.5, 0.6) is 0 Å². The van der Waals surface area contributed by atoms with E-state index in [2.05, 4.69) is 34.1 Å². The SMILES string of the molecule is FC(F)(F)c1ccc(N2CC3CN(Cc4ccccc4)C[C@H]32)cc1. The summed E-state index contributed by atoms with van der Waals surface area (Å²) < 4.78 is 38.0. The third-order valence-corrected chi connectivity index (χ3v) is 5.09. The summed E-state index contributed by atoms with van der Waals surface area (Å²) in [6.07, 6.45) is -4.27. The van der Waals surface area contributed by atoms with Gasteiger partial charge in [-0.3, -0.25) is 4.90 Å². The molecule has 0 aliphatic carbocycles. The number of halogens is 3. The monoisotopic (exact) mass is 332 g/mol. The van der Waals surface area contributed by atoms with E-state index in [9.17, 15) is 13.2 Å². The van der Waals surface area contributed by atoms with Gasteiger partial charge >= 0.3 is 6.18 Å². The molecule has 0 spiro atoms. The highest BCUT2D eigenvalue weighted by molar-refractivity contribution is 5.52. The molecule has 0 saturated carbocycles. The summed E-state index contributed by atoms with van der Waals surface area (Å²) >= 11 is 0. The number of benzene rings is 2. The van der Waals surface area contributed by atoms with Gasteiger partial charge in [0.2, 0.25) is 0 Å². The number of anilines is 1. The fourth-order valence-electron chi connectivity index (χ4n) is 3.83. The zero-order valence-electron chi connectivity index (χ0n) is 13.2. The highest BCUT2D eigenvalue weighted by Crippen LogP contribution is 2.38. The van der Waals surface area contributed by atoms with Crippen LogP contribution in [-0.4, -0.2) is 30.6 Å². The van der Waals surface area contributed by atoms with E-state index in [1.807, 2.05) is 6.07 Å². The van der Waals surface area contributed by atoms with Gasteiger partial charge in [0.05, 0.1) is 5.56 Å². The Kier molecular flexibility index (Phi) is 3.76. The summed E-state index contributed by atoms with van der Waals surface area (Å²) in [5.74, 6) is 0.621. The van der Waals surface area contributed by atoms with Crippen molar-refractivity contribution >= 4 is 5.69 Å². The zero-order chi connectivity index (χ0) is 16.7. The van der Waals surface area contributed by atoms with Crippen LogP contribution in [0, 0.1) is 5.92 Å². The normalized spacial score (nSPS) is 23.9. The summed E-state index contributed by atoms with van der Waals surface area (Å²) in [7, 11) is 0. The molecule has 2 heterocycles. The number of nitrogens with zero attached hydrogens (tertiary/aromatic N) is 2. The lowest BCUT2D eigenvalue weighted by molar-refractivity contribution is -0.137. The molecule has 2 fully saturated rings. The van der Waals surface area contributed by atoms with Gasteiger partial charge in [0.25, 0.3) is 0 Å². The molecular formula is C19H19F3N2. The molecule has 2 saturated heterocycles. The standard InChI is InChI=1S/C19H19F3N2/c20-19(21,22)16-6-8-17(9-7-16)24-12-15-11-23(13-18(15)24)10-14-4-2-1-3-5-14/h1-9,15,18H,10-13H2/t15?,18-/m1/s1. The van der Waals surface area contributed by atoms with E-state index in [0.29, 0.717) is 12.0 Å². The molecule has 2 aliphatic heterocycles. The van der Waals surface area contributed by atoms with E-state index in [0.717, 1.165) is 31.9 Å². The predicted octanol–water partition coefficient (Wildman–Crippen LogP) is 4.03. The van der Waals surface area contributed by atoms with Gasteiger partial charge < -0.3 is 4.90 Å². The molecule has 0 bridgehead atoms. The molecule has 0 amide bonds. The number of alkyl halides is 3. The Labute approximate surface area is 139 Å². The molecule has 2 nitrogen and oxygen atoms in total. The van der Waals surface area contributed by atoms with Crippen molar-refractivity contribution in [2.24, 2.45) is 5.92 Å². The van der Waals surface area contributed by atoms with Crippen molar-refractivity contribution in [3.63, 3.8) is 0 Å². The van der Waals surface area contributed by atoms with Gasteiger partial charge in [0.15, 0.2) is 0 Å². The van der Waals surface area contributed by atoms with Crippen LogP contribution in [0.4, 0.5) is 18.9 Å². The topological polar surface area (TPSA) is 6.48 Å². The van der Waals surface area contributed by atoms with Crippen LogP contribution in [0.2, 0.25) is 0 Å². The molecular weight excluding hydrogens is 313 g/mol. The van der Waals surface area contributed by atoms with Crippen molar-refractivity contribution in [1.82, 2.24) is 4.90 Å². The number of fused-ring (bicyclic) bond motifs is 1. The number of hydrogen-bond donors (Lipinski definition) is 0. The van der Waals surface area contributed by atoms with Crippen LogP contribution in [0.1, 0.15) is 11.1 Å². The van der Waals surface area contributed by atoms with E-state index < -0.39 is 11.7 Å². The van der Waals surface area contributed by atoms with Crippen LogP contribution < -0.4 is 4.90 Å². The molecule has 2 aromatic rings. The maximum atomic E-state index is 12.7. The lowest BCUT2D eigenvalue weighted by Crippen LogP contribution is -2.55. The second-order valence-electron chi connectivity index (χ2n) is 6.70. The molecule has 4 rings (SSSR count). The molecule has 5 heteroatoms. The fraction of sp³-hybridized carbons (Fsp3) is 0.368. The summed E-state index contributed by atoms with van der Waals surface area (Å²) in [6, 6.07) is 16.4. The number of likely N-dealkylation sites (tertiary alicyclic amines) is 1. The van der Waals surface area contributed by atoms with E-state index in [1.54, 1.807) is 12.1 Å². The molecule has 24 heavy (non-hydrogen) atoms. The van der Waals surface area contributed by atoms with Crippen molar-refractivity contribution in [2.75, 3.05) is 24.5 Å². The molecule has 0 aromatic heterocycles. The average Bonchev–Trinajstić information content (AvgIpc) is 2.85. The Morgan fingerprint density at radius 1 is 0.875 bits per heavy atom. The maximum absolute atomic E-state index is 12.7. The Hall–Kier alpha value is -2.01. The van der Waals surface area contributed by atoms with E-state index in [-0.39, 0.29) is 0 Å². The first-order valence-electron chi connectivity index (χ1n) is 8.21. The number of rotatable bonds is 3. The number of hydrogen-bond acceptors (Lipinski definition) is 2. The molecule has 2 atom stereocenters. The van der Waals surface area contributed by atoms with Crippen molar-refractivity contribution in [1.29, 1.82) is 0 Å². The molecule has 0 radical (unpaired) electrons. The molecule has 126 valence electrons. The summed E-state index contributed by atoms with van der Waals surface area (Å²) in [5.41, 5.74) is 1.62. The predicted molar refractivity (Wildman–Crippen MR) is 87.8 cm³/mol. The summed E-state index contributed by atoms with van der Waals surface area (Å²) in [4.78, 5) is 4.67. The van der Waals surface area contributed by atoms with Crippen LogP contribution in [0.3, 0.4) is 0 Å². The van der Waals surface area contributed by atoms with Gasteiger partial charge in [-0.15, -0.1) is 0 Å². The van der Waals surface area contributed by atoms with Gasteiger partial charge in [0, 0.05) is 43.8 Å². The molecule has 1 unspecified atom stereocenters. The first-order valence-corrected chi connectivity index (χ1v) is 8.21. The first kappa shape index (κ1) is 15.5. The van der Waals surface area contributed by atoms with E-state index in [1.165, 1.54) is 17.7 Å². The molecule has 0 N–H and O–H groups in total. The Morgan fingerprint density at radius 3 is 2.25 bits per heavy atom. The van der Waals surface area contributed by atoms with E-state index in [4.69, 9.17) is 0 Å². The Bertz CT molecular complexity index is 697. The minimum atomic E-state index is -4.27. The minimum absolute atomic E-state index is 0.422. The van der Waals surface area contributed by atoms with Crippen LogP contribution in [-0.2, 0) is 12.7 Å². The first-order chi connectivity index (χ1) is 11.5. The van der Waals surface area contributed by atoms with Gasteiger partial charge in [-0.05, 0) is 29.8 Å². The van der Waals surface area contributed by atoms with Crippen molar-refractivity contribution in [2.45, 2.75) is 18.8 Å².